The van der Waals surface area contributed by atoms with Gasteiger partial charge in [-0.15, -0.1) is 5.10 Å². The molecule has 8 aromatic rings. The number of nitrogens with zero attached hydrogens (tertiary/aromatic N) is 5. The third-order valence-corrected chi connectivity index (χ3v) is 11.2. The lowest BCUT2D eigenvalue weighted by Crippen LogP contribution is -2.31. The Bertz CT molecular complexity index is 3490. The number of fused-ring (bicyclic) bond motifs is 4. The van der Waals surface area contributed by atoms with Crippen LogP contribution in [0, 0.1) is 0 Å². The van der Waals surface area contributed by atoms with Gasteiger partial charge in [-0.1, -0.05) is 97.1 Å². The number of hydrogen-bond acceptors (Lipinski definition) is 15. The van der Waals surface area contributed by atoms with Gasteiger partial charge in [-0.2, -0.15) is 9.78 Å². The summed E-state index contributed by atoms with van der Waals surface area (Å²) in [4.78, 5) is 89.3. The molecule has 0 atom stereocenters. The summed E-state index contributed by atoms with van der Waals surface area (Å²) < 4.78 is 32.5. The average Bonchev–Trinajstić information content (AvgIpc) is 4.25. The zero-order valence-corrected chi connectivity index (χ0v) is 44.3. The number of hydrogen-bond donors (Lipinski definition) is 1. The molecule has 0 bridgehead atoms. The van der Waals surface area contributed by atoms with Gasteiger partial charge < -0.3 is 28.4 Å². The fourth-order valence-electron chi connectivity index (χ4n) is 7.99. The van der Waals surface area contributed by atoms with E-state index in [-0.39, 0.29) is 41.2 Å². The Balaban J connectivity index is 0.000000167. The lowest BCUT2D eigenvalue weighted by Gasteiger charge is -2.20. The largest absolute Gasteiger partial charge is 0.519 e. The summed E-state index contributed by atoms with van der Waals surface area (Å²) in [6.07, 6.45) is -2.85. The van der Waals surface area contributed by atoms with Gasteiger partial charge in [0.05, 0.1) is 44.1 Å². The average molecular weight is 1060 g/mol. The molecule has 0 saturated carbocycles. The number of benzene rings is 6. The first kappa shape index (κ1) is 54.6. The number of ether oxygens (including phenoxy) is 6. The highest BCUT2D eigenvalue weighted by atomic mass is 16.8. The monoisotopic (exact) mass is 1060 g/mol. The van der Waals surface area contributed by atoms with Crippen LogP contribution in [0.4, 0.5) is 26.0 Å². The number of rotatable bonds is 8. The fourth-order valence-corrected chi connectivity index (χ4v) is 7.99. The lowest BCUT2D eigenvalue weighted by molar-refractivity contribution is -0.0294. The molecular formula is C59H56N6O13. The number of carbonyl (C=O) groups excluding carboxylic acids is 7. The molecule has 0 radical (unpaired) electrons. The van der Waals surface area contributed by atoms with Gasteiger partial charge in [-0.05, 0) is 122 Å². The van der Waals surface area contributed by atoms with Crippen molar-refractivity contribution in [2.75, 3.05) is 9.80 Å². The van der Waals surface area contributed by atoms with E-state index in [0.29, 0.717) is 51.0 Å². The molecule has 2 aliphatic heterocycles. The number of carbonyl (C=O) groups is 7. The van der Waals surface area contributed by atoms with Crippen LogP contribution >= 0.6 is 0 Å². The van der Waals surface area contributed by atoms with E-state index >= 15 is 0 Å². The minimum absolute atomic E-state index is 0.0146. The summed E-state index contributed by atoms with van der Waals surface area (Å²) in [5.74, 6) is -0.586. The highest BCUT2D eigenvalue weighted by Gasteiger charge is 2.41. The van der Waals surface area contributed by atoms with Crippen molar-refractivity contribution in [2.24, 2.45) is 0 Å². The molecule has 2 aliphatic rings. The highest BCUT2D eigenvalue weighted by Crippen LogP contribution is 2.40. The van der Waals surface area contributed by atoms with E-state index in [1.165, 1.54) is 0 Å². The number of anilines is 2. The van der Waals surface area contributed by atoms with Crippen molar-refractivity contribution in [2.45, 2.75) is 92.3 Å². The first-order chi connectivity index (χ1) is 37.0. The minimum atomic E-state index is -1.06. The SMILES string of the molecule is CC(C)(C)OC(=O)OC(=O)OC(C)(C)C.CC(C)(C)OC(=O)n1nc(N2C(=O)c3ccccc3C2=O)c2c(OCc3ccccc3)cccc21.O=C1c2ccccc2C(=O)N1c1n[nH]c2cccc(OCc3ccccc3)c12. The fraction of sp³-hybridized carbons (Fsp3) is 0.237. The molecule has 400 valence electrons. The van der Waals surface area contributed by atoms with Crippen molar-refractivity contribution in [3.05, 3.63) is 179 Å². The highest BCUT2D eigenvalue weighted by molar-refractivity contribution is 6.36. The van der Waals surface area contributed by atoms with Crippen molar-refractivity contribution in [1.29, 1.82) is 0 Å². The van der Waals surface area contributed by atoms with Crippen LogP contribution in [0.3, 0.4) is 0 Å². The van der Waals surface area contributed by atoms with Crippen LogP contribution in [0.5, 0.6) is 11.5 Å². The van der Waals surface area contributed by atoms with Gasteiger partial charge in [-0.3, -0.25) is 24.3 Å². The molecule has 19 heteroatoms. The maximum atomic E-state index is 13.2. The number of amides is 4. The normalized spacial score (nSPS) is 13.0. The van der Waals surface area contributed by atoms with Crippen LogP contribution in [0.25, 0.3) is 21.8 Å². The van der Waals surface area contributed by atoms with E-state index in [0.717, 1.165) is 25.6 Å². The van der Waals surface area contributed by atoms with Gasteiger partial charge in [-0.25, -0.2) is 24.2 Å². The zero-order valence-electron chi connectivity index (χ0n) is 44.3. The molecule has 78 heavy (non-hydrogen) atoms. The summed E-state index contributed by atoms with van der Waals surface area (Å²) in [7, 11) is 0. The second-order valence-electron chi connectivity index (χ2n) is 20.7. The molecule has 0 aliphatic carbocycles. The third kappa shape index (κ3) is 12.5. The number of nitrogens with one attached hydrogen (secondary N) is 1. The molecule has 0 saturated heterocycles. The minimum Gasteiger partial charge on any atom is -0.488 e. The van der Waals surface area contributed by atoms with Crippen molar-refractivity contribution in [1.82, 2.24) is 20.0 Å². The first-order valence-electron chi connectivity index (χ1n) is 24.6. The molecule has 10 rings (SSSR count). The summed E-state index contributed by atoms with van der Waals surface area (Å²) in [5, 5.41) is 12.5. The van der Waals surface area contributed by atoms with Crippen LogP contribution < -0.4 is 19.3 Å². The first-order valence-corrected chi connectivity index (χ1v) is 24.6. The van der Waals surface area contributed by atoms with Crippen LogP contribution in [0.15, 0.2) is 146 Å². The van der Waals surface area contributed by atoms with Crippen molar-refractivity contribution < 1.29 is 62.0 Å². The Morgan fingerprint density at radius 3 is 1.29 bits per heavy atom. The van der Waals surface area contributed by atoms with Gasteiger partial charge >= 0.3 is 18.4 Å². The number of aromatic amines is 1. The van der Waals surface area contributed by atoms with Gasteiger partial charge in [0.15, 0.2) is 11.6 Å². The molecule has 0 spiro atoms. The Morgan fingerprint density at radius 1 is 0.462 bits per heavy atom. The molecule has 0 fully saturated rings. The maximum absolute atomic E-state index is 13.2. The summed E-state index contributed by atoms with van der Waals surface area (Å²) in [6.45, 7) is 15.9. The summed E-state index contributed by atoms with van der Waals surface area (Å²) >= 11 is 0. The molecule has 2 aromatic heterocycles. The van der Waals surface area contributed by atoms with Crippen molar-refractivity contribution in [3.8, 4) is 11.5 Å². The van der Waals surface area contributed by atoms with E-state index in [4.69, 9.17) is 23.7 Å². The topological polar surface area (TPSA) is 228 Å². The summed E-state index contributed by atoms with van der Waals surface area (Å²) in [5.41, 5.74) is 2.16. The van der Waals surface area contributed by atoms with Gasteiger partial charge in [0.25, 0.3) is 23.6 Å². The van der Waals surface area contributed by atoms with Gasteiger partial charge in [0, 0.05) is 0 Å². The Hall–Kier alpha value is -9.65. The zero-order chi connectivity index (χ0) is 56.1. The molecule has 19 nitrogen and oxygen atoms in total. The molecule has 0 unspecified atom stereocenters. The van der Waals surface area contributed by atoms with Gasteiger partial charge in [0.1, 0.15) is 41.5 Å². The van der Waals surface area contributed by atoms with E-state index in [1.54, 1.807) is 129 Å². The predicted molar refractivity (Wildman–Crippen MR) is 288 cm³/mol. The van der Waals surface area contributed by atoms with Crippen LogP contribution in [-0.2, 0) is 32.2 Å². The Labute approximate surface area is 448 Å². The molecule has 6 aromatic carbocycles. The lowest BCUT2D eigenvalue weighted by atomic mass is 10.1. The van der Waals surface area contributed by atoms with E-state index in [2.05, 4.69) is 20.0 Å². The van der Waals surface area contributed by atoms with Crippen LogP contribution in [-0.4, -0.2) is 78.8 Å². The number of aromatic nitrogens is 4. The maximum Gasteiger partial charge on any atom is 0.519 e. The third-order valence-electron chi connectivity index (χ3n) is 11.2. The van der Waals surface area contributed by atoms with E-state index in [9.17, 15) is 33.6 Å². The number of H-pyrrole nitrogens is 1. The molecular weight excluding hydrogens is 1000 g/mol. The van der Waals surface area contributed by atoms with Crippen molar-refractivity contribution in [3.63, 3.8) is 0 Å². The number of imide groups is 2. The predicted octanol–water partition coefficient (Wildman–Crippen LogP) is 12.0. The summed E-state index contributed by atoms with van der Waals surface area (Å²) in [6, 6.07) is 43.3. The van der Waals surface area contributed by atoms with E-state index in [1.807, 2.05) is 78.9 Å². The molecule has 1 N–H and O–H groups in total. The quantitative estimate of drug-likeness (QED) is 0.0646. The Kier molecular flexibility index (Phi) is 15.6. The van der Waals surface area contributed by atoms with Crippen LogP contribution in [0.2, 0.25) is 0 Å². The van der Waals surface area contributed by atoms with Crippen molar-refractivity contribution >= 4 is 75.5 Å². The Morgan fingerprint density at radius 2 is 0.859 bits per heavy atom. The second-order valence-corrected chi connectivity index (χ2v) is 20.7. The smallest absolute Gasteiger partial charge is 0.488 e. The van der Waals surface area contributed by atoms with Gasteiger partial charge in [0.2, 0.25) is 0 Å². The molecule has 4 heterocycles. The van der Waals surface area contributed by atoms with E-state index < -0.39 is 47.0 Å². The molecule has 4 amide bonds. The second kappa shape index (κ2) is 22.3. The standard InChI is InChI=1S/C27H23N3O5.C22H15N3O3.C10H18O5/c1-27(2,3)35-26(33)30-20-14-9-15-21(34-16-17-10-5-4-6-11-17)22(20)23(28-30)29-24(31)18-12-7-8-13-19(18)25(29)32;26-21-15-9-4-5-10-16(15)22(27)25(21)20-19-17(23-24-20)11-6-12-18(19)28-13-14-7-2-1-3-8-14;1-9(2,3)14-7(11)13-8(12)15-10(4,5)6/h4-15H,16H2,1-3H3;1-12H,13H2,(H,23,24);1-6H3. The van der Waals surface area contributed by atoms with Crippen LogP contribution in [0.1, 0.15) is 115 Å².